The zero-order chi connectivity index (χ0) is 11.1. The van der Waals surface area contributed by atoms with Crippen LogP contribution in [-0.4, -0.2) is 29.0 Å². The van der Waals surface area contributed by atoms with Crippen LogP contribution in [-0.2, 0) is 12.5 Å². The fraction of sp³-hybridized carbons (Fsp3) is 0.727. The molecular formula is C11H19N3O. The number of nitrogens with one attached hydrogen (secondary N) is 1. The van der Waals surface area contributed by atoms with Crippen LogP contribution in [0.4, 0.5) is 0 Å². The van der Waals surface area contributed by atoms with Gasteiger partial charge in [0.2, 0.25) is 5.88 Å². The number of rotatable bonds is 2. The van der Waals surface area contributed by atoms with E-state index in [4.69, 9.17) is 4.74 Å². The van der Waals surface area contributed by atoms with Crippen molar-refractivity contribution in [3.63, 3.8) is 0 Å². The molecule has 0 spiro atoms. The molecule has 0 atom stereocenters. The van der Waals surface area contributed by atoms with Gasteiger partial charge in [-0.1, -0.05) is 20.8 Å². The Kier molecular flexibility index (Phi) is 2.46. The van der Waals surface area contributed by atoms with Gasteiger partial charge in [0.1, 0.15) is 6.10 Å². The highest BCUT2D eigenvalue weighted by atomic mass is 16.5. The van der Waals surface area contributed by atoms with E-state index in [1.807, 2.05) is 17.8 Å². The van der Waals surface area contributed by atoms with Gasteiger partial charge in [-0.2, -0.15) is 5.10 Å². The second-order valence-electron chi connectivity index (χ2n) is 5.14. The van der Waals surface area contributed by atoms with E-state index in [-0.39, 0.29) is 5.41 Å². The highest BCUT2D eigenvalue weighted by molar-refractivity contribution is 5.22. The van der Waals surface area contributed by atoms with E-state index in [9.17, 15) is 0 Å². The molecule has 84 valence electrons. The summed E-state index contributed by atoms with van der Waals surface area (Å²) in [6.07, 6.45) is 0.313. The molecule has 1 fully saturated rings. The van der Waals surface area contributed by atoms with E-state index in [0.29, 0.717) is 6.10 Å². The van der Waals surface area contributed by atoms with Crippen LogP contribution in [0, 0.1) is 0 Å². The van der Waals surface area contributed by atoms with Gasteiger partial charge in [-0.3, -0.25) is 0 Å². The maximum absolute atomic E-state index is 5.79. The molecule has 0 unspecified atom stereocenters. The first-order valence-electron chi connectivity index (χ1n) is 5.39. The Morgan fingerprint density at radius 3 is 2.53 bits per heavy atom. The van der Waals surface area contributed by atoms with Crippen LogP contribution >= 0.6 is 0 Å². The van der Waals surface area contributed by atoms with Gasteiger partial charge in [0.05, 0.1) is 5.69 Å². The van der Waals surface area contributed by atoms with E-state index in [0.717, 1.165) is 24.7 Å². The summed E-state index contributed by atoms with van der Waals surface area (Å²) in [5.41, 5.74) is 1.16. The fourth-order valence-corrected chi connectivity index (χ4v) is 1.44. The summed E-state index contributed by atoms with van der Waals surface area (Å²) in [4.78, 5) is 0. The Morgan fingerprint density at radius 1 is 1.47 bits per heavy atom. The van der Waals surface area contributed by atoms with Gasteiger partial charge >= 0.3 is 0 Å². The molecule has 15 heavy (non-hydrogen) atoms. The summed E-state index contributed by atoms with van der Waals surface area (Å²) in [7, 11) is 1.93. The minimum atomic E-state index is 0.0806. The molecule has 4 heteroatoms. The number of aromatic nitrogens is 2. The lowest BCUT2D eigenvalue weighted by molar-refractivity contribution is 0.130. The summed E-state index contributed by atoms with van der Waals surface area (Å²) in [6, 6.07) is 2.04. The van der Waals surface area contributed by atoms with E-state index < -0.39 is 0 Å². The Hall–Kier alpha value is -1.03. The largest absolute Gasteiger partial charge is 0.472 e. The van der Waals surface area contributed by atoms with Crippen molar-refractivity contribution in [3.8, 4) is 5.88 Å². The second-order valence-corrected chi connectivity index (χ2v) is 5.14. The molecule has 1 aromatic rings. The van der Waals surface area contributed by atoms with Gasteiger partial charge in [-0.25, -0.2) is 4.68 Å². The topological polar surface area (TPSA) is 39.1 Å². The predicted molar refractivity (Wildman–Crippen MR) is 59.2 cm³/mol. The van der Waals surface area contributed by atoms with Crippen molar-refractivity contribution < 1.29 is 4.74 Å². The van der Waals surface area contributed by atoms with E-state index in [1.165, 1.54) is 0 Å². The molecule has 1 aliphatic heterocycles. The average Bonchev–Trinajstić information content (AvgIpc) is 2.39. The van der Waals surface area contributed by atoms with Crippen LogP contribution in [0.25, 0.3) is 0 Å². The Morgan fingerprint density at radius 2 is 2.13 bits per heavy atom. The summed E-state index contributed by atoms with van der Waals surface area (Å²) < 4.78 is 7.61. The molecular weight excluding hydrogens is 190 g/mol. The number of aryl methyl sites for hydroxylation is 1. The van der Waals surface area contributed by atoms with Crippen LogP contribution in [0.2, 0.25) is 0 Å². The molecule has 0 aromatic carbocycles. The van der Waals surface area contributed by atoms with Crippen molar-refractivity contribution in [1.82, 2.24) is 15.1 Å². The minimum Gasteiger partial charge on any atom is -0.472 e. The van der Waals surface area contributed by atoms with Gasteiger partial charge in [-0.05, 0) is 0 Å². The first-order valence-corrected chi connectivity index (χ1v) is 5.39. The highest BCUT2D eigenvalue weighted by Crippen LogP contribution is 2.25. The van der Waals surface area contributed by atoms with Gasteiger partial charge in [0.15, 0.2) is 0 Å². The van der Waals surface area contributed by atoms with Gasteiger partial charge in [0, 0.05) is 31.6 Å². The third-order valence-electron chi connectivity index (χ3n) is 2.64. The number of hydrogen-bond donors (Lipinski definition) is 1. The fourth-order valence-electron chi connectivity index (χ4n) is 1.44. The lowest BCUT2D eigenvalue weighted by atomic mass is 9.93. The van der Waals surface area contributed by atoms with Crippen LogP contribution in [0.15, 0.2) is 6.07 Å². The molecule has 0 saturated carbocycles. The van der Waals surface area contributed by atoms with Crippen LogP contribution in [0.3, 0.4) is 0 Å². The third-order valence-corrected chi connectivity index (χ3v) is 2.64. The van der Waals surface area contributed by atoms with Crippen molar-refractivity contribution in [1.29, 1.82) is 0 Å². The Balaban J connectivity index is 2.13. The minimum absolute atomic E-state index is 0.0806. The third kappa shape index (κ3) is 2.15. The monoisotopic (exact) mass is 209 g/mol. The van der Waals surface area contributed by atoms with Crippen LogP contribution in [0.1, 0.15) is 26.5 Å². The lowest BCUT2D eigenvalue weighted by Crippen LogP contribution is -2.50. The van der Waals surface area contributed by atoms with Crippen molar-refractivity contribution in [2.24, 2.45) is 7.05 Å². The predicted octanol–water partition coefficient (Wildman–Crippen LogP) is 1.07. The summed E-state index contributed by atoms with van der Waals surface area (Å²) in [5.74, 6) is 0.867. The van der Waals surface area contributed by atoms with Gasteiger partial charge < -0.3 is 10.1 Å². The first-order chi connectivity index (χ1) is 6.97. The SMILES string of the molecule is Cn1nc(C(C)(C)C)cc1OC1CNC1. The average molecular weight is 209 g/mol. The smallest absolute Gasteiger partial charge is 0.212 e. The molecule has 0 radical (unpaired) electrons. The van der Waals surface area contributed by atoms with Gasteiger partial charge in [-0.15, -0.1) is 0 Å². The van der Waals surface area contributed by atoms with E-state index in [1.54, 1.807) is 0 Å². The molecule has 1 aromatic heterocycles. The van der Waals surface area contributed by atoms with E-state index >= 15 is 0 Å². The first kappa shape index (κ1) is 10.5. The molecule has 0 amide bonds. The maximum atomic E-state index is 5.79. The van der Waals surface area contributed by atoms with E-state index in [2.05, 4.69) is 31.2 Å². The normalized spacial score (nSPS) is 17.6. The molecule has 1 aliphatic rings. The number of ether oxygens (including phenoxy) is 1. The number of nitrogens with zero attached hydrogens (tertiary/aromatic N) is 2. The zero-order valence-corrected chi connectivity index (χ0v) is 9.87. The molecule has 1 saturated heterocycles. The molecule has 4 nitrogen and oxygen atoms in total. The van der Waals surface area contributed by atoms with Gasteiger partial charge in [0.25, 0.3) is 0 Å². The highest BCUT2D eigenvalue weighted by Gasteiger charge is 2.23. The van der Waals surface area contributed by atoms with Crippen molar-refractivity contribution >= 4 is 0 Å². The quantitative estimate of drug-likeness (QED) is 0.792. The molecule has 2 heterocycles. The molecule has 0 aliphatic carbocycles. The standard InChI is InChI=1S/C11H19N3O/c1-11(2,3)9-5-10(14(4)13-9)15-8-6-12-7-8/h5,8,12H,6-7H2,1-4H3. The number of hydrogen-bond acceptors (Lipinski definition) is 3. The lowest BCUT2D eigenvalue weighted by Gasteiger charge is -2.27. The molecule has 1 N–H and O–H groups in total. The summed E-state index contributed by atoms with van der Waals surface area (Å²) in [6.45, 7) is 8.35. The second kappa shape index (κ2) is 3.52. The summed E-state index contributed by atoms with van der Waals surface area (Å²) >= 11 is 0. The zero-order valence-electron chi connectivity index (χ0n) is 9.87. The summed E-state index contributed by atoms with van der Waals surface area (Å²) in [5, 5.41) is 7.65. The maximum Gasteiger partial charge on any atom is 0.212 e. The van der Waals surface area contributed by atoms with Crippen molar-refractivity contribution in [2.75, 3.05) is 13.1 Å². The Labute approximate surface area is 90.6 Å². The van der Waals surface area contributed by atoms with Crippen molar-refractivity contribution in [2.45, 2.75) is 32.3 Å². The Bertz CT molecular complexity index is 347. The van der Waals surface area contributed by atoms with Crippen LogP contribution < -0.4 is 10.1 Å². The molecule has 0 bridgehead atoms. The van der Waals surface area contributed by atoms with Crippen molar-refractivity contribution in [3.05, 3.63) is 11.8 Å². The van der Waals surface area contributed by atoms with Crippen LogP contribution in [0.5, 0.6) is 5.88 Å². The molecule has 2 rings (SSSR count).